The van der Waals surface area contributed by atoms with E-state index in [2.05, 4.69) is 0 Å². The van der Waals surface area contributed by atoms with Gasteiger partial charge in [0.1, 0.15) is 10.0 Å². The van der Waals surface area contributed by atoms with Gasteiger partial charge in [-0.15, -0.1) is 11.6 Å². The van der Waals surface area contributed by atoms with Crippen LogP contribution in [0.3, 0.4) is 0 Å². The topological polar surface area (TPSA) is 43.1 Å². The van der Waals surface area contributed by atoms with Crippen molar-refractivity contribution < 1.29 is 4.92 Å². The summed E-state index contributed by atoms with van der Waals surface area (Å²) in [4.78, 5) is 10.0. The molecule has 0 aliphatic rings. The fourth-order valence-electron chi connectivity index (χ4n) is 1.15. The number of rotatable bonds is 2. The highest BCUT2D eigenvalue weighted by Gasteiger charge is 2.29. The van der Waals surface area contributed by atoms with Gasteiger partial charge in [-0.05, 0) is 6.92 Å². The largest absolute Gasteiger partial charge is 0.308 e. The summed E-state index contributed by atoms with van der Waals surface area (Å²) >= 11 is 29.0. The molecule has 0 spiro atoms. The molecule has 3 nitrogen and oxygen atoms in total. The summed E-state index contributed by atoms with van der Waals surface area (Å²) in [6.07, 6.45) is 0. The zero-order valence-corrected chi connectivity index (χ0v) is 11.5. The van der Waals surface area contributed by atoms with Crippen LogP contribution in [0.2, 0.25) is 20.1 Å². The minimum absolute atomic E-state index is 0.0322. The Kier molecular flexibility index (Phi) is 4.55. The molecule has 1 aromatic carbocycles. The molecule has 88 valence electrons. The lowest BCUT2D eigenvalue weighted by Gasteiger charge is -2.12. The Balaban J connectivity index is 3.73. The highest BCUT2D eigenvalue weighted by atomic mass is 35.5. The SMILES string of the molecule is CC(Cl)c1c(Cl)c(Cl)c(Cl)c([N+](=O)[O-])c1Cl. The van der Waals surface area contributed by atoms with Gasteiger partial charge in [0.05, 0.1) is 20.3 Å². The smallest absolute Gasteiger partial charge is 0.258 e. The summed E-state index contributed by atoms with van der Waals surface area (Å²) in [7, 11) is 0. The molecule has 0 heterocycles. The van der Waals surface area contributed by atoms with E-state index in [-0.39, 0.29) is 25.7 Å². The first kappa shape index (κ1) is 14.1. The predicted octanol–water partition coefficient (Wildman–Crippen LogP) is 5.51. The first-order chi connectivity index (χ1) is 7.29. The number of nitrogens with zero attached hydrogens (tertiary/aromatic N) is 1. The lowest BCUT2D eigenvalue weighted by atomic mass is 10.1. The molecule has 0 saturated carbocycles. The monoisotopic (exact) mass is 321 g/mol. The van der Waals surface area contributed by atoms with E-state index in [1.807, 2.05) is 0 Å². The molecule has 8 heteroatoms. The average molecular weight is 323 g/mol. The molecule has 0 bridgehead atoms. The van der Waals surface area contributed by atoms with Crippen LogP contribution in [0.5, 0.6) is 0 Å². The van der Waals surface area contributed by atoms with Crippen LogP contribution in [-0.4, -0.2) is 4.92 Å². The maximum atomic E-state index is 10.8. The number of nitro groups is 1. The quantitative estimate of drug-likeness (QED) is 0.237. The van der Waals surface area contributed by atoms with E-state index in [0.29, 0.717) is 0 Å². The molecular weight excluding hydrogens is 319 g/mol. The summed E-state index contributed by atoms with van der Waals surface area (Å²) in [5, 5.41) is 9.59. The molecule has 0 fully saturated rings. The second kappa shape index (κ2) is 5.15. The Morgan fingerprint density at radius 2 is 1.56 bits per heavy atom. The lowest BCUT2D eigenvalue weighted by Crippen LogP contribution is -1.98. The fraction of sp³-hybridized carbons (Fsp3) is 0.250. The molecule has 0 saturated heterocycles. The minimum atomic E-state index is -0.727. The number of alkyl halides is 1. The van der Waals surface area contributed by atoms with Gasteiger partial charge in [0, 0.05) is 5.56 Å². The summed E-state index contributed by atoms with van der Waals surface area (Å²) in [6.45, 7) is 1.57. The molecule has 1 atom stereocenters. The van der Waals surface area contributed by atoms with Crippen LogP contribution in [0.15, 0.2) is 0 Å². The molecule has 1 unspecified atom stereocenters. The Morgan fingerprint density at radius 1 is 1.06 bits per heavy atom. The number of halogens is 5. The Morgan fingerprint density at radius 3 is 1.94 bits per heavy atom. The van der Waals surface area contributed by atoms with Gasteiger partial charge in [-0.25, -0.2) is 0 Å². The van der Waals surface area contributed by atoms with Crippen molar-refractivity contribution in [2.24, 2.45) is 0 Å². The molecule has 1 rings (SSSR count). The Bertz CT molecular complexity index is 460. The highest BCUT2D eigenvalue weighted by Crippen LogP contribution is 2.48. The van der Waals surface area contributed by atoms with Crippen LogP contribution < -0.4 is 0 Å². The van der Waals surface area contributed by atoms with E-state index in [9.17, 15) is 10.1 Å². The Hall–Kier alpha value is 0.0700. The van der Waals surface area contributed by atoms with Gasteiger partial charge >= 0.3 is 5.69 Å². The zero-order chi connectivity index (χ0) is 12.6. The average Bonchev–Trinajstić information content (AvgIpc) is 2.13. The molecule has 0 radical (unpaired) electrons. The first-order valence-corrected chi connectivity index (χ1v) is 5.88. The van der Waals surface area contributed by atoms with Gasteiger partial charge in [0.2, 0.25) is 0 Å². The molecular formula is C8H4Cl5NO2. The first-order valence-electron chi connectivity index (χ1n) is 3.93. The van der Waals surface area contributed by atoms with Crippen molar-refractivity contribution in [1.29, 1.82) is 0 Å². The minimum Gasteiger partial charge on any atom is -0.258 e. The number of hydrogen-bond acceptors (Lipinski definition) is 2. The normalized spacial score (nSPS) is 12.6. The third kappa shape index (κ3) is 2.34. The third-order valence-electron chi connectivity index (χ3n) is 1.85. The van der Waals surface area contributed by atoms with Gasteiger partial charge in [-0.1, -0.05) is 46.4 Å². The molecule has 0 aliphatic heterocycles. The van der Waals surface area contributed by atoms with E-state index in [0.717, 1.165) is 0 Å². The van der Waals surface area contributed by atoms with Crippen LogP contribution in [-0.2, 0) is 0 Å². The second-order valence-electron chi connectivity index (χ2n) is 2.89. The van der Waals surface area contributed by atoms with E-state index in [1.165, 1.54) is 0 Å². The van der Waals surface area contributed by atoms with Crippen molar-refractivity contribution in [3.05, 3.63) is 35.8 Å². The lowest BCUT2D eigenvalue weighted by molar-refractivity contribution is -0.384. The van der Waals surface area contributed by atoms with Gasteiger partial charge < -0.3 is 0 Å². The van der Waals surface area contributed by atoms with Crippen molar-refractivity contribution in [3.8, 4) is 0 Å². The number of hydrogen-bond donors (Lipinski definition) is 0. The maximum Gasteiger partial charge on any atom is 0.308 e. The van der Waals surface area contributed by atoms with E-state index < -0.39 is 16.0 Å². The van der Waals surface area contributed by atoms with Gasteiger partial charge in [-0.2, -0.15) is 0 Å². The molecule has 1 aromatic rings. The van der Waals surface area contributed by atoms with Crippen LogP contribution in [0.1, 0.15) is 17.9 Å². The molecule has 0 N–H and O–H groups in total. The molecule has 0 aromatic heterocycles. The highest BCUT2D eigenvalue weighted by molar-refractivity contribution is 6.51. The van der Waals surface area contributed by atoms with Gasteiger partial charge in [-0.3, -0.25) is 10.1 Å². The third-order valence-corrected chi connectivity index (χ3v) is 3.79. The zero-order valence-electron chi connectivity index (χ0n) is 7.73. The predicted molar refractivity (Wildman–Crippen MR) is 67.4 cm³/mol. The van der Waals surface area contributed by atoms with E-state index in [1.54, 1.807) is 6.92 Å². The summed E-state index contributed by atoms with van der Waals surface area (Å²) < 4.78 is 0. The van der Waals surface area contributed by atoms with Crippen LogP contribution >= 0.6 is 58.0 Å². The van der Waals surface area contributed by atoms with Crippen molar-refractivity contribution in [2.45, 2.75) is 12.3 Å². The van der Waals surface area contributed by atoms with Crippen molar-refractivity contribution in [2.75, 3.05) is 0 Å². The summed E-state index contributed by atoms with van der Waals surface area (Å²) in [6, 6.07) is 0. The summed E-state index contributed by atoms with van der Waals surface area (Å²) in [5.74, 6) is 0. The fourth-order valence-corrected chi connectivity index (χ4v) is 2.85. The number of nitro benzene ring substituents is 1. The van der Waals surface area contributed by atoms with Crippen LogP contribution in [0, 0.1) is 10.1 Å². The van der Waals surface area contributed by atoms with Crippen LogP contribution in [0.4, 0.5) is 5.69 Å². The Labute approximate surface area is 116 Å². The number of benzene rings is 1. The van der Waals surface area contributed by atoms with Crippen molar-refractivity contribution in [3.63, 3.8) is 0 Å². The summed E-state index contributed by atoms with van der Waals surface area (Å²) in [5.41, 5.74) is -0.286. The van der Waals surface area contributed by atoms with Crippen molar-refractivity contribution >= 4 is 63.7 Å². The van der Waals surface area contributed by atoms with Gasteiger partial charge in [0.15, 0.2) is 0 Å². The molecule has 16 heavy (non-hydrogen) atoms. The van der Waals surface area contributed by atoms with Gasteiger partial charge in [0.25, 0.3) is 0 Å². The van der Waals surface area contributed by atoms with Crippen molar-refractivity contribution in [1.82, 2.24) is 0 Å². The van der Waals surface area contributed by atoms with E-state index in [4.69, 9.17) is 58.0 Å². The molecule has 0 amide bonds. The molecule has 0 aliphatic carbocycles. The maximum absolute atomic E-state index is 10.8. The second-order valence-corrected chi connectivity index (χ2v) is 5.06. The van der Waals surface area contributed by atoms with E-state index >= 15 is 0 Å². The standard InChI is InChI=1S/C8H4Cl5NO2/c1-2(9)3-4(10)6(12)7(13)8(5(3)11)14(15)16/h2H,1H3. The van der Waals surface area contributed by atoms with Crippen LogP contribution in [0.25, 0.3) is 0 Å².